The lowest BCUT2D eigenvalue weighted by Crippen LogP contribution is -2.27. The van der Waals surface area contributed by atoms with Crippen LogP contribution in [0.1, 0.15) is 23.7 Å². The van der Waals surface area contributed by atoms with Crippen LogP contribution >= 0.6 is 23.4 Å². The molecule has 1 aromatic heterocycles. The molecule has 2 heterocycles. The first-order chi connectivity index (χ1) is 11.0. The minimum Gasteiger partial charge on any atom is -0.326 e. The lowest BCUT2D eigenvalue weighted by Gasteiger charge is -2.14. The van der Waals surface area contributed by atoms with Gasteiger partial charge in [-0.3, -0.25) is 14.2 Å². The maximum atomic E-state index is 12.3. The molecule has 5 nitrogen and oxygen atoms in total. The Balaban J connectivity index is 1.76. The SMILES string of the molecule is Cc1cc(=O)n2c(n1)SCC2CC(=O)Nc1cccc(Cl)c1C. The second kappa shape index (κ2) is 6.37. The number of hydrogen-bond donors (Lipinski definition) is 1. The second-order valence-electron chi connectivity index (χ2n) is 5.52. The molecule has 0 saturated heterocycles. The summed E-state index contributed by atoms with van der Waals surface area (Å²) >= 11 is 7.57. The zero-order valence-electron chi connectivity index (χ0n) is 12.8. The summed E-state index contributed by atoms with van der Waals surface area (Å²) in [5.41, 5.74) is 2.13. The predicted octanol–water partition coefficient (Wildman–Crippen LogP) is 3.19. The first-order valence-corrected chi connectivity index (χ1v) is 8.60. The predicted molar refractivity (Wildman–Crippen MR) is 92.4 cm³/mol. The summed E-state index contributed by atoms with van der Waals surface area (Å²) in [4.78, 5) is 28.8. The summed E-state index contributed by atoms with van der Waals surface area (Å²) in [7, 11) is 0. The van der Waals surface area contributed by atoms with Gasteiger partial charge in [0.1, 0.15) is 0 Å². The molecule has 120 valence electrons. The van der Waals surface area contributed by atoms with E-state index in [1.54, 1.807) is 23.6 Å². The quantitative estimate of drug-likeness (QED) is 0.864. The number of aromatic nitrogens is 2. The molecule has 2 aromatic rings. The number of anilines is 1. The van der Waals surface area contributed by atoms with Crippen LogP contribution in [-0.4, -0.2) is 21.2 Å². The molecule has 23 heavy (non-hydrogen) atoms. The van der Waals surface area contributed by atoms with E-state index in [4.69, 9.17) is 11.6 Å². The van der Waals surface area contributed by atoms with Crippen LogP contribution in [0.2, 0.25) is 5.02 Å². The Kier molecular flexibility index (Phi) is 4.46. The van der Waals surface area contributed by atoms with Crippen molar-refractivity contribution >= 4 is 35.0 Å². The van der Waals surface area contributed by atoms with Crippen molar-refractivity contribution in [2.45, 2.75) is 31.5 Å². The third-order valence-corrected chi connectivity index (χ3v) is 5.29. The topological polar surface area (TPSA) is 64.0 Å². The number of carbonyl (C=O) groups is 1. The van der Waals surface area contributed by atoms with Crippen molar-refractivity contribution in [3.8, 4) is 0 Å². The Bertz CT molecular complexity index is 835. The second-order valence-corrected chi connectivity index (χ2v) is 6.91. The van der Waals surface area contributed by atoms with Gasteiger partial charge in [-0.2, -0.15) is 0 Å². The summed E-state index contributed by atoms with van der Waals surface area (Å²) < 4.78 is 1.61. The van der Waals surface area contributed by atoms with Crippen LogP contribution < -0.4 is 10.9 Å². The fourth-order valence-corrected chi connectivity index (χ4v) is 3.94. The summed E-state index contributed by atoms with van der Waals surface area (Å²) in [5, 5.41) is 4.17. The molecule has 1 amide bonds. The van der Waals surface area contributed by atoms with Gasteiger partial charge < -0.3 is 5.32 Å². The van der Waals surface area contributed by atoms with Gasteiger partial charge in [0, 0.05) is 34.6 Å². The molecule has 1 unspecified atom stereocenters. The van der Waals surface area contributed by atoms with Crippen molar-refractivity contribution in [2.75, 3.05) is 11.1 Å². The molecule has 0 radical (unpaired) electrons. The number of hydrogen-bond acceptors (Lipinski definition) is 4. The molecular weight excluding hydrogens is 334 g/mol. The number of amides is 1. The van der Waals surface area contributed by atoms with Crippen LogP contribution in [0.25, 0.3) is 0 Å². The largest absolute Gasteiger partial charge is 0.326 e. The van der Waals surface area contributed by atoms with Crippen LogP contribution in [0.5, 0.6) is 0 Å². The first-order valence-electron chi connectivity index (χ1n) is 7.23. The highest BCUT2D eigenvalue weighted by Gasteiger charge is 2.27. The van der Waals surface area contributed by atoms with Crippen molar-refractivity contribution < 1.29 is 4.79 Å². The van der Waals surface area contributed by atoms with Crippen molar-refractivity contribution in [1.82, 2.24) is 9.55 Å². The lowest BCUT2D eigenvalue weighted by atomic mass is 10.1. The molecular formula is C16H16ClN3O2S. The molecule has 1 aliphatic heterocycles. The average molecular weight is 350 g/mol. The van der Waals surface area contributed by atoms with Gasteiger partial charge in [0.25, 0.3) is 5.56 Å². The maximum absolute atomic E-state index is 12.3. The van der Waals surface area contributed by atoms with Crippen molar-refractivity contribution in [3.05, 3.63) is 50.9 Å². The first kappa shape index (κ1) is 16.1. The molecule has 1 atom stereocenters. The molecule has 0 spiro atoms. The van der Waals surface area contributed by atoms with Gasteiger partial charge in [-0.25, -0.2) is 4.98 Å². The van der Waals surface area contributed by atoms with Crippen LogP contribution in [-0.2, 0) is 4.79 Å². The zero-order valence-corrected chi connectivity index (χ0v) is 14.4. The number of fused-ring (bicyclic) bond motifs is 1. The number of halogens is 1. The van der Waals surface area contributed by atoms with E-state index in [1.165, 1.54) is 17.8 Å². The summed E-state index contributed by atoms with van der Waals surface area (Å²) in [6.07, 6.45) is 0.233. The number of thioether (sulfide) groups is 1. The molecule has 7 heteroatoms. The highest BCUT2D eigenvalue weighted by molar-refractivity contribution is 7.99. The number of nitrogens with one attached hydrogen (secondary N) is 1. The van der Waals surface area contributed by atoms with E-state index < -0.39 is 0 Å². The Hall–Kier alpha value is -1.79. The van der Waals surface area contributed by atoms with E-state index in [1.807, 2.05) is 13.0 Å². The van der Waals surface area contributed by atoms with Crippen LogP contribution in [0.4, 0.5) is 5.69 Å². The number of carbonyl (C=O) groups excluding carboxylic acids is 1. The number of rotatable bonds is 3. The molecule has 0 aliphatic carbocycles. The Morgan fingerprint density at radius 1 is 1.48 bits per heavy atom. The van der Waals surface area contributed by atoms with Gasteiger partial charge in [-0.1, -0.05) is 29.4 Å². The molecule has 0 bridgehead atoms. The van der Waals surface area contributed by atoms with E-state index >= 15 is 0 Å². The molecule has 1 aromatic carbocycles. The van der Waals surface area contributed by atoms with E-state index in [0.717, 1.165) is 5.56 Å². The van der Waals surface area contributed by atoms with Gasteiger partial charge in [-0.05, 0) is 31.5 Å². The van der Waals surface area contributed by atoms with E-state index in [0.29, 0.717) is 27.3 Å². The molecule has 0 saturated carbocycles. The lowest BCUT2D eigenvalue weighted by molar-refractivity contribution is -0.116. The molecule has 1 N–H and O–H groups in total. The molecule has 1 aliphatic rings. The highest BCUT2D eigenvalue weighted by Crippen LogP contribution is 2.32. The monoisotopic (exact) mass is 349 g/mol. The Labute approximate surface area is 143 Å². The summed E-state index contributed by atoms with van der Waals surface area (Å²) in [6, 6.07) is 6.72. The van der Waals surface area contributed by atoms with Crippen molar-refractivity contribution in [3.63, 3.8) is 0 Å². The third-order valence-electron chi connectivity index (χ3n) is 3.78. The molecule has 0 fully saturated rings. The van der Waals surface area contributed by atoms with E-state index in [2.05, 4.69) is 10.3 Å². The van der Waals surface area contributed by atoms with Gasteiger partial charge in [0.15, 0.2) is 5.16 Å². The van der Waals surface area contributed by atoms with Gasteiger partial charge in [-0.15, -0.1) is 0 Å². The van der Waals surface area contributed by atoms with Gasteiger partial charge >= 0.3 is 0 Å². The number of nitrogens with zero attached hydrogens (tertiary/aromatic N) is 2. The Morgan fingerprint density at radius 3 is 3.04 bits per heavy atom. The van der Waals surface area contributed by atoms with Gasteiger partial charge in [0.05, 0.1) is 6.04 Å². The van der Waals surface area contributed by atoms with Gasteiger partial charge in [0.2, 0.25) is 5.91 Å². The van der Waals surface area contributed by atoms with E-state index in [9.17, 15) is 9.59 Å². The van der Waals surface area contributed by atoms with E-state index in [-0.39, 0.29) is 23.9 Å². The van der Waals surface area contributed by atoms with Crippen molar-refractivity contribution in [1.29, 1.82) is 0 Å². The summed E-state index contributed by atoms with van der Waals surface area (Å²) in [6.45, 7) is 3.65. The Morgan fingerprint density at radius 2 is 2.26 bits per heavy atom. The number of benzene rings is 1. The standard InChI is InChI=1S/C16H16ClN3O2S/c1-9-6-15(22)20-11(8-23-16(20)18-9)7-14(21)19-13-5-3-4-12(17)10(13)2/h3-6,11H,7-8H2,1-2H3,(H,19,21). The smallest absolute Gasteiger partial charge is 0.254 e. The average Bonchev–Trinajstić information content (AvgIpc) is 2.86. The third kappa shape index (κ3) is 3.28. The fraction of sp³-hybridized carbons (Fsp3) is 0.312. The summed E-state index contributed by atoms with van der Waals surface area (Å²) in [5.74, 6) is 0.537. The fourth-order valence-electron chi connectivity index (χ4n) is 2.57. The minimum atomic E-state index is -0.171. The van der Waals surface area contributed by atoms with Crippen LogP contribution in [0, 0.1) is 13.8 Å². The maximum Gasteiger partial charge on any atom is 0.254 e. The highest BCUT2D eigenvalue weighted by atomic mass is 35.5. The van der Waals surface area contributed by atoms with Crippen LogP contribution in [0.15, 0.2) is 34.2 Å². The normalized spacial score (nSPS) is 16.2. The minimum absolute atomic E-state index is 0.103. The van der Waals surface area contributed by atoms with Crippen molar-refractivity contribution in [2.24, 2.45) is 0 Å². The van der Waals surface area contributed by atoms with Crippen LogP contribution in [0.3, 0.4) is 0 Å². The number of aryl methyl sites for hydroxylation is 1. The molecule has 3 rings (SSSR count). The zero-order chi connectivity index (χ0) is 16.6.